The molecule has 0 atom stereocenters. The summed E-state index contributed by atoms with van der Waals surface area (Å²) in [5, 5.41) is 7.29. The molecule has 0 spiro atoms. The van der Waals surface area contributed by atoms with Gasteiger partial charge in [0.1, 0.15) is 5.82 Å². The van der Waals surface area contributed by atoms with Gasteiger partial charge in [0.25, 0.3) is 5.56 Å². The third-order valence-corrected chi connectivity index (χ3v) is 2.92. The third-order valence-electron chi connectivity index (χ3n) is 2.92. The molecule has 0 saturated carbocycles. The summed E-state index contributed by atoms with van der Waals surface area (Å²) >= 11 is 0. The Balaban J connectivity index is 2.13. The normalized spacial score (nSPS) is 14.6. The van der Waals surface area contributed by atoms with Crippen molar-refractivity contribution in [1.82, 2.24) is 25.1 Å². The molecule has 17 heavy (non-hydrogen) atoms. The summed E-state index contributed by atoms with van der Waals surface area (Å²) < 4.78 is 1.69. The number of hydrogen-bond donors (Lipinski definition) is 2. The molecule has 6 heteroatoms. The predicted molar refractivity (Wildman–Crippen MR) is 62.5 cm³/mol. The van der Waals surface area contributed by atoms with E-state index in [2.05, 4.69) is 20.4 Å². The van der Waals surface area contributed by atoms with E-state index in [9.17, 15) is 4.79 Å². The highest BCUT2D eigenvalue weighted by Gasteiger charge is 2.16. The van der Waals surface area contributed by atoms with Gasteiger partial charge in [-0.2, -0.15) is 5.10 Å². The summed E-state index contributed by atoms with van der Waals surface area (Å²) in [5.41, 5.74) is 2.45. The Kier molecular flexibility index (Phi) is 2.29. The fourth-order valence-electron chi connectivity index (χ4n) is 2.05. The van der Waals surface area contributed by atoms with Gasteiger partial charge in [0.15, 0.2) is 0 Å². The van der Waals surface area contributed by atoms with Crippen LogP contribution in [-0.4, -0.2) is 26.3 Å². The Morgan fingerprint density at radius 2 is 2.35 bits per heavy atom. The summed E-state index contributed by atoms with van der Waals surface area (Å²) in [6, 6.07) is 0. The van der Waals surface area contributed by atoms with Gasteiger partial charge in [0.2, 0.25) is 0 Å². The smallest absolute Gasteiger partial charge is 0.254 e. The van der Waals surface area contributed by atoms with Crippen molar-refractivity contribution in [3.8, 4) is 11.4 Å². The molecule has 1 aliphatic heterocycles. The van der Waals surface area contributed by atoms with Crippen molar-refractivity contribution in [3.63, 3.8) is 0 Å². The first-order valence-corrected chi connectivity index (χ1v) is 5.56. The number of nitrogens with one attached hydrogen (secondary N) is 2. The zero-order valence-electron chi connectivity index (χ0n) is 9.53. The van der Waals surface area contributed by atoms with Crippen molar-refractivity contribution in [2.75, 3.05) is 6.54 Å². The number of H-pyrrole nitrogens is 1. The van der Waals surface area contributed by atoms with E-state index < -0.39 is 0 Å². The molecular formula is C11H13N5O. The maximum Gasteiger partial charge on any atom is 0.254 e. The molecule has 0 saturated heterocycles. The van der Waals surface area contributed by atoms with Gasteiger partial charge in [-0.3, -0.25) is 9.48 Å². The van der Waals surface area contributed by atoms with Crippen LogP contribution in [0.1, 0.15) is 11.3 Å². The lowest BCUT2D eigenvalue weighted by molar-refractivity contribution is 0.619. The topological polar surface area (TPSA) is 75.6 Å². The Morgan fingerprint density at radius 1 is 1.47 bits per heavy atom. The van der Waals surface area contributed by atoms with Gasteiger partial charge in [-0.05, 0) is 13.0 Å². The van der Waals surface area contributed by atoms with Crippen LogP contribution in [0.2, 0.25) is 0 Å². The maximum atomic E-state index is 11.9. The van der Waals surface area contributed by atoms with E-state index in [0.717, 1.165) is 29.8 Å². The molecule has 88 valence electrons. The van der Waals surface area contributed by atoms with Crippen molar-refractivity contribution >= 4 is 0 Å². The number of aromatic nitrogens is 4. The average Bonchev–Trinajstić information content (AvgIpc) is 2.76. The lowest BCUT2D eigenvalue weighted by atomic mass is 10.1. The fourth-order valence-corrected chi connectivity index (χ4v) is 2.05. The molecule has 3 heterocycles. The molecule has 6 nitrogen and oxygen atoms in total. The SMILES string of the molecule is Cn1cc(-c2nc3c(c(=O)[nH]2)CCNC3)cn1. The van der Waals surface area contributed by atoms with Crippen molar-refractivity contribution in [2.45, 2.75) is 13.0 Å². The molecule has 0 unspecified atom stereocenters. The monoisotopic (exact) mass is 231 g/mol. The second-order valence-electron chi connectivity index (χ2n) is 4.17. The number of fused-ring (bicyclic) bond motifs is 1. The second kappa shape index (κ2) is 3.81. The van der Waals surface area contributed by atoms with Crippen LogP contribution in [-0.2, 0) is 20.0 Å². The number of aromatic amines is 1. The Labute approximate surface area is 97.7 Å². The predicted octanol–water partition coefficient (Wildman–Crippen LogP) is -0.184. The Hall–Kier alpha value is -1.95. The lowest BCUT2D eigenvalue weighted by Gasteiger charge is -2.15. The van der Waals surface area contributed by atoms with Crippen LogP contribution < -0.4 is 10.9 Å². The van der Waals surface area contributed by atoms with Crippen molar-refractivity contribution in [2.24, 2.45) is 7.05 Å². The van der Waals surface area contributed by atoms with Gasteiger partial charge in [-0.15, -0.1) is 0 Å². The number of hydrogen-bond acceptors (Lipinski definition) is 4. The molecule has 3 rings (SSSR count). The standard InChI is InChI=1S/C11H13N5O/c1-16-6-7(4-13-16)10-14-9-5-12-3-2-8(9)11(17)15-10/h4,6,12H,2-3,5H2,1H3,(H,14,15,17). The zero-order chi connectivity index (χ0) is 11.8. The number of aryl methyl sites for hydroxylation is 1. The minimum Gasteiger partial charge on any atom is -0.311 e. The van der Waals surface area contributed by atoms with E-state index in [1.54, 1.807) is 10.9 Å². The van der Waals surface area contributed by atoms with Crippen LogP contribution in [0.3, 0.4) is 0 Å². The van der Waals surface area contributed by atoms with Gasteiger partial charge >= 0.3 is 0 Å². The largest absolute Gasteiger partial charge is 0.311 e. The van der Waals surface area contributed by atoms with Gasteiger partial charge in [0, 0.05) is 25.4 Å². The molecule has 0 fully saturated rings. The fraction of sp³-hybridized carbons (Fsp3) is 0.364. The molecule has 0 aromatic carbocycles. The summed E-state index contributed by atoms with van der Waals surface area (Å²) in [6.07, 6.45) is 4.27. The van der Waals surface area contributed by atoms with Crippen molar-refractivity contribution in [1.29, 1.82) is 0 Å². The van der Waals surface area contributed by atoms with E-state index in [0.29, 0.717) is 12.4 Å². The third kappa shape index (κ3) is 1.76. The molecule has 2 aromatic rings. The molecule has 0 bridgehead atoms. The van der Waals surface area contributed by atoms with E-state index >= 15 is 0 Å². The van der Waals surface area contributed by atoms with E-state index in [1.807, 2.05) is 13.2 Å². The van der Waals surface area contributed by atoms with Crippen LogP contribution >= 0.6 is 0 Å². The molecule has 1 aliphatic rings. The van der Waals surface area contributed by atoms with Gasteiger partial charge in [-0.25, -0.2) is 4.98 Å². The summed E-state index contributed by atoms with van der Waals surface area (Å²) in [7, 11) is 1.83. The average molecular weight is 231 g/mol. The van der Waals surface area contributed by atoms with E-state index in [4.69, 9.17) is 0 Å². The van der Waals surface area contributed by atoms with Crippen LogP contribution in [0, 0.1) is 0 Å². The first kappa shape index (κ1) is 10.2. The van der Waals surface area contributed by atoms with Crippen molar-refractivity contribution < 1.29 is 0 Å². The van der Waals surface area contributed by atoms with Crippen LogP contribution in [0.15, 0.2) is 17.2 Å². The van der Waals surface area contributed by atoms with Gasteiger partial charge in [-0.1, -0.05) is 0 Å². The molecule has 0 amide bonds. The number of rotatable bonds is 1. The van der Waals surface area contributed by atoms with E-state index in [1.165, 1.54) is 0 Å². The van der Waals surface area contributed by atoms with Crippen molar-refractivity contribution in [3.05, 3.63) is 34.0 Å². The first-order chi connectivity index (χ1) is 8.24. The minimum absolute atomic E-state index is 0.0321. The molecule has 2 N–H and O–H groups in total. The zero-order valence-corrected chi connectivity index (χ0v) is 9.53. The Morgan fingerprint density at radius 3 is 3.12 bits per heavy atom. The Bertz CT molecular complexity index is 613. The summed E-state index contributed by atoms with van der Waals surface area (Å²) in [4.78, 5) is 19.2. The second-order valence-corrected chi connectivity index (χ2v) is 4.17. The van der Waals surface area contributed by atoms with Crippen LogP contribution in [0.4, 0.5) is 0 Å². The molecule has 0 radical (unpaired) electrons. The lowest BCUT2D eigenvalue weighted by Crippen LogP contribution is -2.31. The summed E-state index contributed by atoms with van der Waals surface area (Å²) in [6.45, 7) is 1.50. The van der Waals surface area contributed by atoms with Gasteiger partial charge < -0.3 is 10.3 Å². The molecule has 0 aliphatic carbocycles. The van der Waals surface area contributed by atoms with Crippen LogP contribution in [0.5, 0.6) is 0 Å². The molecule has 2 aromatic heterocycles. The molecular weight excluding hydrogens is 218 g/mol. The quantitative estimate of drug-likeness (QED) is 0.713. The van der Waals surface area contributed by atoms with E-state index in [-0.39, 0.29) is 5.56 Å². The van der Waals surface area contributed by atoms with Crippen LogP contribution in [0.25, 0.3) is 11.4 Å². The first-order valence-electron chi connectivity index (χ1n) is 5.56. The minimum atomic E-state index is -0.0321. The highest BCUT2D eigenvalue weighted by molar-refractivity contribution is 5.52. The number of nitrogens with zero attached hydrogens (tertiary/aromatic N) is 3. The maximum absolute atomic E-state index is 11.9. The highest BCUT2D eigenvalue weighted by Crippen LogP contribution is 2.14. The van der Waals surface area contributed by atoms with Gasteiger partial charge in [0.05, 0.1) is 17.5 Å². The summed E-state index contributed by atoms with van der Waals surface area (Å²) in [5.74, 6) is 0.588. The highest BCUT2D eigenvalue weighted by atomic mass is 16.1.